The lowest BCUT2D eigenvalue weighted by Crippen LogP contribution is -2.01. The molecule has 0 aliphatic rings. The Bertz CT molecular complexity index is 781. The summed E-state index contributed by atoms with van der Waals surface area (Å²) in [6.45, 7) is -0.0543. The molecule has 0 heterocycles. The quantitative estimate of drug-likeness (QED) is 0.480. The van der Waals surface area contributed by atoms with Gasteiger partial charge < -0.3 is 4.74 Å². The second kappa shape index (κ2) is 7.42. The highest BCUT2D eigenvalue weighted by atomic mass is 16.5. The Morgan fingerprint density at radius 1 is 1.09 bits per heavy atom. The van der Waals surface area contributed by atoms with Crippen LogP contribution in [0.15, 0.2) is 60.2 Å². The summed E-state index contributed by atoms with van der Waals surface area (Å²) < 4.78 is 5.20. The van der Waals surface area contributed by atoms with Gasteiger partial charge in [0.2, 0.25) is 5.78 Å². The largest absolute Gasteiger partial charge is 0.479 e. The van der Waals surface area contributed by atoms with Crippen molar-refractivity contribution in [3.8, 4) is 17.9 Å². The first-order valence-electron chi connectivity index (χ1n) is 6.56. The first-order chi connectivity index (χ1) is 10.7. The zero-order valence-corrected chi connectivity index (χ0v) is 11.7. The highest BCUT2D eigenvalue weighted by molar-refractivity contribution is 6.14. The SMILES string of the molecule is N#CCOc1cccc(/C=C(\C#N)C(=O)c2ccccc2)c1. The molecule has 0 fully saturated rings. The van der Waals surface area contributed by atoms with Crippen LogP contribution in [0.5, 0.6) is 5.75 Å². The average Bonchev–Trinajstić information content (AvgIpc) is 2.58. The van der Waals surface area contributed by atoms with Crippen LogP contribution < -0.4 is 4.74 Å². The van der Waals surface area contributed by atoms with Crippen LogP contribution in [0.2, 0.25) is 0 Å². The first kappa shape index (κ1) is 15.0. The summed E-state index contributed by atoms with van der Waals surface area (Å²) in [4.78, 5) is 12.3. The maximum atomic E-state index is 12.3. The first-order valence-corrected chi connectivity index (χ1v) is 6.56. The zero-order valence-electron chi connectivity index (χ0n) is 11.7. The fraction of sp³-hybridized carbons (Fsp3) is 0.0556. The van der Waals surface area contributed by atoms with Crippen molar-refractivity contribution in [1.82, 2.24) is 0 Å². The molecule has 2 rings (SSSR count). The second-order valence-electron chi connectivity index (χ2n) is 4.38. The molecule has 0 spiro atoms. The third-order valence-corrected chi connectivity index (χ3v) is 2.87. The smallest absolute Gasteiger partial charge is 0.203 e. The van der Waals surface area contributed by atoms with Gasteiger partial charge in [-0.1, -0.05) is 42.5 Å². The maximum Gasteiger partial charge on any atom is 0.203 e. The van der Waals surface area contributed by atoms with Gasteiger partial charge in [0, 0.05) is 5.56 Å². The van der Waals surface area contributed by atoms with Gasteiger partial charge in [-0.05, 0) is 23.8 Å². The fourth-order valence-corrected chi connectivity index (χ4v) is 1.87. The molecule has 4 nitrogen and oxygen atoms in total. The van der Waals surface area contributed by atoms with Crippen LogP contribution in [0.1, 0.15) is 15.9 Å². The van der Waals surface area contributed by atoms with Crippen molar-refractivity contribution in [1.29, 1.82) is 10.5 Å². The summed E-state index contributed by atoms with van der Waals surface area (Å²) in [6.07, 6.45) is 1.51. The number of allylic oxidation sites excluding steroid dienone is 1. The molecule has 0 saturated heterocycles. The highest BCUT2D eigenvalue weighted by Gasteiger charge is 2.11. The van der Waals surface area contributed by atoms with Crippen molar-refractivity contribution in [3.05, 3.63) is 71.3 Å². The molecule has 0 aliphatic carbocycles. The second-order valence-corrected chi connectivity index (χ2v) is 4.38. The Kier molecular flexibility index (Phi) is 5.07. The number of hydrogen-bond acceptors (Lipinski definition) is 4. The van der Waals surface area contributed by atoms with Crippen LogP contribution in [0.25, 0.3) is 6.08 Å². The van der Waals surface area contributed by atoms with Crippen LogP contribution in [0.3, 0.4) is 0 Å². The molecule has 0 atom stereocenters. The predicted molar refractivity (Wildman–Crippen MR) is 81.9 cm³/mol. The highest BCUT2D eigenvalue weighted by Crippen LogP contribution is 2.17. The minimum Gasteiger partial charge on any atom is -0.479 e. The van der Waals surface area contributed by atoms with Gasteiger partial charge in [0.15, 0.2) is 6.61 Å². The number of hydrogen-bond donors (Lipinski definition) is 0. The van der Waals surface area contributed by atoms with E-state index in [9.17, 15) is 10.1 Å². The van der Waals surface area contributed by atoms with E-state index in [1.54, 1.807) is 48.5 Å². The van der Waals surface area contributed by atoms with Gasteiger partial charge in [-0.3, -0.25) is 4.79 Å². The van der Waals surface area contributed by atoms with Crippen LogP contribution in [0, 0.1) is 22.7 Å². The number of ketones is 1. The summed E-state index contributed by atoms with van der Waals surface area (Å²) in [5, 5.41) is 17.7. The van der Waals surface area contributed by atoms with Gasteiger partial charge in [-0.2, -0.15) is 10.5 Å². The van der Waals surface area contributed by atoms with E-state index in [0.717, 1.165) is 0 Å². The number of ether oxygens (including phenoxy) is 1. The van der Waals surface area contributed by atoms with Gasteiger partial charge in [0.25, 0.3) is 0 Å². The summed E-state index contributed by atoms with van der Waals surface area (Å²) in [7, 11) is 0. The summed E-state index contributed by atoms with van der Waals surface area (Å²) in [6, 6.07) is 19.3. The molecular formula is C18H12N2O2. The number of benzene rings is 2. The third kappa shape index (κ3) is 3.82. The molecular weight excluding hydrogens is 276 g/mol. The Morgan fingerprint density at radius 3 is 2.55 bits per heavy atom. The summed E-state index contributed by atoms with van der Waals surface area (Å²) in [5.74, 6) is 0.186. The lowest BCUT2D eigenvalue weighted by atomic mass is 10.0. The molecule has 0 radical (unpaired) electrons. The average molecular weight is 288 g/mol. The minimum atomic E-state index is -0.327. The van der Waals surface area contributed by atoms with Gasteiger partial charge in [-0.15, -0.1) is 0 Å². The number of Topliss-reactive ketones (excluding diaryl/α,β-unsaturated/α-hetero) is 1. The van der Waals surface area contributed by atoms with E-state index in [4.69, 9.17) is 10.00 Å². The lowest BCUT2D eigenvalue weighted by Gasteiger charge is -2.03. The third-order valence-electron chi connectivity index (χ3n) is 2.87. The number of carbonyl (C=O) groups is 1. The Morgan fingerprint density at radius 2 is 1.86 bits per heavy atom. The molecule has 22 heavy (non-hydrogen) atoms. The molecule has 0 bridgehead atoms. The monoisotopic (exact) mass is 288 g/mol. The predicted octanol–water partition coefficient (Wildman–Crippen LogP) is 3.38. The van der Waals surface area contributed by atoms with E-state index in [2.05, 4.69) is 0 Å². The Balaban J connectivity index is 2.28. The zero-order chi connectivity index (χ0) is 15.8. The van der Waals surface area contributed by atoms with Crippen LogP contribution >= 0.6 is 0 Å². The number of carbonyl (C=O) groups excluding carboxylic acids is 1. The number of nitriles is 2. The van der Waals surface area contributed by atoms with Crippen molar-refractivity contribution in [3.63, 3.8) is 0 Å². The van der Waals surface area contributed by atoms with E-state index in [1.165, 1.54) is 6.08 Å². The Hall–Kier alpha value is -3.37. The molecule has 0 unspecified atom stereocenters. The van der Waals surface area contributed by atoms with Crippen molar-refractivity contribution in [2.24, 2.45) is 0 Å². The van der Waals surface area contributed by atoms with Crippen LogP contribution in [-0.4, -0.2) is 12.4 Å². The molecule has 2 aromatic rings. The molecule has 0 amide bonds. The molecule has 2 aromatic carbocycles. The Labute approximate surface area is 128 Å². The van der Waals surface area contributed by atoms with E-state index in [1.807, 2.05) is 18.2 Å². The topological polar surface area (TPSA) is 73.9 Å². The van der Waals surface area contributed by atoms with Crippen molar-refractivity contribution >= 4 is 11.9 Å². The van der Waals surface area contributed by atoms with Gasteiger partial charge in [-0.25, -0.2) is 0 Å². The standard InChI is InChI=1S/C18H12N2O2/c19-9-10-22-17-8-4-5-14(12-17)11-16(13-20)18(21)15-6-2-1-3-7-15/h1-8,11-12H,10H2/b16-11+. The van der Waals surface area contributed by atoms with Gasteiger partial charge >= 0.3 is 0 Å². The van der Waals surface area contributed by atoms with E-state index in [-0.39, 0.29) is 18.0 Å². The maximum absolute atomic E-state index is 12.3. The number of rotatable bonds is 5. The van der Waals surface area contributed by atoms with E-state index < -0.39 is 0 Å². The number of nitrogens with zero attached hydrogens (tertiary/aromatic N) is 2. The molecule has 0 aliphatic heterocycles. The van der Waals surface area contributed by atoms with Crippen LogP contribution in [-0.2, 0) is 0 Å². The lowest BCUT2D eigenvalue weighted by molar-refractivity contribution is 0.104. The fourth-order valence-electron chi connectivity index (χ4n) is 1.87. The summed E-state index contributed by atoms with van der Waals surface area (Å²) in [5.41, 5.74) is 1.17. The molecule has 0 N–H and O–H groups in total. The van der Waals surface area contributed by atoms with E-state index >= 15 is 0 Å². The van der Waals surface area contributed by atoms with Crippen molar-refractivity contribution in [2.45, 2.75) is 0 Å². The van der Waals surface area contributed by atoms with E-state index in [0.29, 0.717) is 16.9 Å². The molecule has 4 heteroatoms. The van der Waals surface area contributed by atoms with Gasteiger partial charge in [0.1, 0.15) is 23.5 Å². The van der Waals surface area contributed by atoms with Crippen LogP contribution in [0.4, 0.5) is 0 Å². The minimum absolute atomic E-state index is 0.0450. The normalized spacial score (nSPS) is 10.4. The summed E-state index contributed by atoms with van der Waals surface area (Å²) >= 11 is 0. The van der Waals surface area contributed by atoms with Crippen molar-refractivity contribution in [2.75, 3.05) is 6.61 Å². The molecule has 0 saturated carbocycles. The van der Waals surface area contributed by atoms with Crippen molar-refractivity contribution < 1.29 is 9.53 Å². The van der Waals surface area contributed by atoms with Gasteiger partial charge in [0.05, 0.1) is 0 Å². The molecule has 106 valence electrons. The molecule has 0 aromatic heterocycles.